The minimum atomic E-state index is -0.183. The molecule has 0 aromatic heterocycles. The first-order valence-electron chi connectivity index (χ1n) is 11.7. The van der Waals surface area contributed by atoms with E-state index < -0.39 is 0 Å². The Hall–Kier alpha value is -3.22. The monoisotopic (exact) mass is 494 g/mol. The van der Waals surface area contributed by atoms with Crippen molar-refractivity contribution in [2.24, 2.45) is 0 Å². The van der Waals surface area contributed by atoms with Gasteiger partial charge in [-0.1, -0.05) is 29.8 Å². The summed E-state index contributed by atoms with van der Waals surface area (Å²) in [6.07, 6.45) is 0.785. The van der Waals surface area contributed by atoms with E-state index >= 15 is 0 Å². The molecule has 3 aromatic carbocycles. The Balaban J connectivity index is 1.32. The number of benzene rings is 3. The number of fused-ring (bicyclic) bond motifs is 1. The summed E-state index contributed by atoms with van der Waals surface area (Å²) in [7, 11) is 3.34. The number of amides is 1. The molecule has 1 aliphatic rings. The van der Waals surface area contributed by atoms with Crippen LogP contribution in [0.25, 0.3) is 0 Å². The van der Waals surface area contributed by atoms with E-state index in [1.807, 2.05) is 19.1 Å². The number of methoxy groups -OCH3 is 2. The summed E-state index contributed by atoms with van der Waals surface area (Å²) in [5.74, 6) is 2.16. The number of hydrogen-bond donors (Lipinski definition) is 1. The van der Waals surface area contributed by atoms with Crippen LogP contribution in [0.4, 0.5) is 0 Å². The SMILES string of the molecule is COc1cc2c(cc1OC)CN(Cc1cccc(OC(C)CNC(=O)c3cccc(Cl)c3)c1)CC2. The normalized spacial score (nSPS) is 14.1. The lowest BCUT2D eigenvalue weighted by Gasteiger charge is -2.29. The summed E-state index contributed by atoms with van der Waals surface area (Å²) in [6.45, 7) is 4.98. The Morgan fingerprint density at radius 3 is 2.51 bits per heavy atom. The van der Waals surface area contributed by atoms with Crippen LogP contribution in [0.2, 0.25) is 5.02 Å². The van der Waals surface area contributed by atoms with E-state index in [0.717, 1.165) is 43.3 Å². The van der Waals surface area contributed by atoms with Gasteiger partial charge in [0.2, 0.25) is 0 Å². The van der Waals surface area contributed by atoms with Crippen molar-refractivity contribution in [2.75, 3.05) is 27.3 Å². The Kier molecular flexibility index (Phi) is 8.16. The molecule has 35 heavy (non-hydrogen) atoms. The maximum absolute atomic E-state index is 12.3. The zero-order valence-corrected chi connectivity index (χ0v) is 21.1. The van der Waals surface area contributed by atoms with Crippen LogP contribution in [0.1, 0.15) is 34.0 Å². The van der Waals surface area contributed by atoms with Gasteiger partial charge in [-0.2, -0.15) is 0 Å². The minimum Gasteiger partial charge on any atom is -0.493 e. The highest BCUT2D eigenvalue weighted by atomic mass is 35.5. The van der Waals surface area contributed by atoms with E-state index in [0.29, 0.717) is 17.1 Å². The van der Waals surface area contributed by atoms with Crippen molar-refractivity contribution in [1.29, 1.82) is 0 Å². The quantitative estimate of drug-likeness (QED) is 0.448. The van der Waals surface area contributed by atoms with Crippen LogP contribution >= 0.6 is 11.6 Å². The van der Waals surface area contributed by atoms with Crippen LogP contribution in [0.15, 0.2) is 60.7 Å². The number of carbonyl (C=O) groups is 1. The molecular formula is C28H31ClN2O4. The maximum Gasteiger partial charge on any atom is 0.251 e. The van der Waals surface area contributed by atoms with Crippen LogP contribution in [0, 0.1) is 0 Å². The van der Waals surface area contributed by atoms with Crippen molar-refractivity contribution in [2.45, 2.75) is 32.5 Å². The van der Waals surface area contributed by atoms with E-state index in [1.54, 1.807) is 38.5 Å². The smallest absolute Gasteiger partial charge is 0.251 e. The fraction of sp³-hybridized carbons (Fsp3) is 0.321. The summed E-state index contributed by atoms with van der Waals surface area (Å²) in [6, 6.07) is 19.2. The van der Waals surface area contributed by atoms with Crippen molar-refractivity contribution in [1.82, 2.24) is 10.2 Å². The third-order valence-electron chi connectivity index (χ3n) is 6.08. The predicted molar refractivity (Wildman–Crippen MR) is 138 cm³/mol. The van der Waals surface area contributed by atoms with E-state index in [-0.39, 0.29) is 12.0 Å². The number of nitrogens with zero attached hydrogens (tertiary/aromatic N) is 1. The average Bonchev–Trinajstić information content (AvgIpc) is 2.86. The standard InChI is InChI=1S/C28H31ClN2O4/c1-19(16-30-28(32)22-7-5-8-24(29)13-22)35-25-9-4-6-20(12-25)17-31-11-10-21-14-26(33-2)27(34-3)15-23(21)18-31/h4-9,12-15,19H,10-11,16-18H2,1-3H3,(H,30,32). The van der Waals surface area contributed by atoms with Gasteiger partial charge in [0.15, 0.2) is 11.5 Å². The second kappa shape index (κ2) is 11.5. The van der Waals surface area contributed by atoms with Gasteiger partial charge in [-0.25, -0.2) is 0 Å². The molecule has 0 saturated heterocycles. The molecule has 0 fully saturated rings. The van der Waals surface area contributed by atoms with Crippen LogP contribution in [-0.2, 0) is 19.5 Å². The molecule has 7 heteroatoms. The largest absolute Gasteiger partial charge is 0.493 e. The Bertz CT molecular complexity index is 1180. The van der Waals surface area contributed by atoms with E-state index in [4.69, 9.17) is 25.8 Å². The van der Waals surface area contributed by atoms with Crippen LogP contribution in [-0.4, -0.2) is 44.2 Å². The third-order valence-corrected chi connectivity index (χ3v) is 6.31. The van der Waals surface area contributed by atoms with E-state index in [2.05, 4.69) is 34.5 Å². The highest BCUT2D eigenvalue weighted by Crippen LogP contribution is 2.33. The van der Waals surface area contributed by atoms with E-state index in [1.165, 1.54) is 16.7 Å². The topological polar surface area (TPSA) is 60.0 Å². The van der Waals surface area contributed by atoms with Gasteiger partial charge in [0.25, 0.3) is 5.91 Å². The van der Waals surface area contributed by atoms with Crippen molar-refractivity contribution in [3.63, 3.8) is 0 Å². The summed E-state index contributed by atoms with van der Waals surface area (Å²) in [4.78, 5) is 14.8. The molecule has 0 spiro atoms. The van der Waals surface area contributed by atoms with Gasteiger partial charge in [-0.3, -0.25) is 9.69 Å². The van der Waals surface area contributed by atoms with Crippen molar-refractivity contribution in [3.8, 4) is 17.2 Å². The zero-order chi connectivity index (χ0) is 24.8. The van der Waals surface area contributed by atoms with Crippen LogP contribution in [0.5, 0.6) is 17.2 Å². The van der Waals surface area contributed by atoms with Crippen molar-refractivity contribution in [3.05, 3.63) is 87.9 Å². The molecule has 1 unspecified atom stereocenters. The Morgan fingerprint density at radius 2 is 1.77 bits per heavy atom. The second-order valence-electron chi connectivity index (χ2n) is 8.73. The van der Waals surface area contributed by atoms with Gasteiger partial charge in [-0.05, 0) is 72.5 Å². The number of rotatable bonds is 9. The molecule has 0 radical (unpaired) electrons. The molecular weight excluding hydrogens is 464 g/mol. The molecule has 6 nitrogen and oxygen atoms in total. The highest BCUT2D eigenvalue weighted by molar-refractivity contribution is 6.30. The molecule has 0 aliphatic carbocycles. The van der Waals surface area contributed by atoms with Crippen molar-refractivity contribution >= 4 is 17.5 Å². The number of carbonyl (C=O) groups excluding carboxylic acids is 1. The molecule has 3 aromatic rings. The number of nitrogens with one attached hydrogen (secondary N) is 1. The van der Waals surface area contributed by atoms with Gasteiger partial charge in [-0.15, -0.1) is 0 Å². The summed E-state index contributed by atoms with van der Waals surface area (Å²) < 4.78 is 17.0. The lowest BCUT2D eigenvalue weighted by molar-refractivity contribution is 0.0932. The maximum atomic E-state index is 12.3. The predicted octanol–water partition coefficient (Wildman–Crippen LogP) is 5.11. The lowest BCUT2D eigenvalue weighted by atomic mass is 9.98. The molecule has 1 N–H and O–H groups in total. The van der Waals surface area contributed by atoms with Gasteiger partial charge in [0, 0.05) is 30.2 Å². The Labute approximate surface area is 211 Å². The molecule has 4 rings (SSSR count). The van der Waals surface area contributed by atoms with Gasteiger partial charge in [0.1, 0.15) is 11.9 Å². The highest BCUT2D eigenvalue weighted by Gasteiger charge is 2.20. The molecule has 0 bridgehead atoms. The molecule has 1 atom stereocenters. The first-order chi connectivity index (χ1) is 16.9. The molecule has 1 heterocycles. The summed E-state index contributed by atoms with van der Waals surface area (Å²) in [5.41, 5.74) is 4.29. The zero-order valence-electron chi connectivity index (χ0n) is 20.3. The first-order valence-corrected chi connectivity index (χ1v) is 12.1. The van der Waals surface area contributed by atoms with Crippen molar-refractivity contribution < 1.29 is 19.0 Å². The first kappa shape index (κ1) is 24.9. The minimum absolute atomic E-state index is 0.170. The van der Waals surface area contributed by atoms with Gasteiger partial charge < -0.3 is 19.5 Å². The third kappa shape index (κ3) is 6.47. The summed E-state index contributed by atoms with van der Waals surface area (Å²) >= 11 is 5.98. The summed E-state index contributed by atoms with van der Waals surface area (Å²) in [5, 5.41) is 3.44. The average molecular weight is 495 g/mol. The lowest BCUT2D eigenvalue weighted by Crippen LogP contribution is -2.33. The Morgan fingerprint density at radius 1 is 1.03 bits per heavy atom. The van der Waals surface area contributed by atoms with Crippen LogP contribution < -0.4 is 19.5 Å². The van der Waals surface area contributed by atoms with Gasteiger partial charge >= 0.3 is 0 Å². The number of hydrogen-bond acceptors (Lipinski definition) is 5. The van der Waals surface area contributed by atoms with Gasteiger partial charge in [0.05, 0.1) is 20.8 Å². The molecule has 1 amide bonds. The number of halogens is 1. The fourth-order valence-corrected chi connectivity index (χ4v) is 4.48. The van der Waals surface area contributed by atoms with Crippen LogP contribution in [0.3, 0.4) is 0 Å². The number of ether oxygens (including phenoxy) is 3. The molecule has 1 aliphatic heterocycles. The fourth-order valence-electron chi connectivity index (χ4n) is 4.29. The van der Waals surface area contributed by atoms with E-state index in [9.17, 15) is 4.79 Å². The second-order valence-corrected chi connectivity index (χ2v) is 9.17. The molecule has 184 valence electrons. The molecule has 0 saturated carbocycles.